The highest BCUT2D eigenvalue weighted by atomic mass is 35.5. The summed E-state index contributed by atoms with van der Waals surface area (Å²) in [7, 11) is 0. The molecule has 0 saturated carbocycles. The summed E-state index contributed by atoms with van der Waals surface area (Å²) in [5.41, 5.74) is 1.63. The van der Waals surface area contributed by atoms with Gasteiger partial charge < -0.3 is 10.1 Å². The summed E-state index contributed by atoms with van der Waals surface area (Å²) in [5.74, 6) is -0.744. The Bertz CT molecular complexity index is 767. The summed E-state index contributed by atoms with van der Waals surface area (Å²) in [4.78, 5) is 0. The number of hydrogen-bond acceptors (Lipinski definition) is 5. The molecule has 3 rings (SSSR count). The Hall–Kier alpha value is -1.42. The van der Waals surface area contributed by atoms with Crippen LogP contribution in [0.1, 0.15) is 28.8 Å². The molecule has 1 fully saturated rings. The summed E-state index contributed by atoms with van der Waals surface area (Å²) >= 11 is 18.6. The van der Waals surface area contributed by atoms with Crippen LogP contribution >= 0.6 is 34.8 Å². The average molecular weight is 384 g/mol. The number of rotatable bonds is 3. The van der Waals surface area contributed by atoms with Gasteiger partial charge in [0.2, 0.25) is 0 Å². The summed E-state index contributed by atoms with van der Waals surface area (Å²) in [6, 6.07) is 9.03. The lowest BCUT2D eigenvalue weighted by atomic mass is 9.95. The molecule has 1 aliphatic rings. The third-order valence-corrected chi connectivity index (χ3v) is 4.74. The van der Waals surface area contributed by atoms with Gasteiger partial charge in [0, 0.05) is 34.3 Å². The lowest BCUT2D eigenvalue weighted by molar-refractivity contribution is 0.0274. The fourth-order valence-corrected chi connectivity index (χ4v) is 3.43. The number of morpholine rings is 1. The van der Waals surface area contributed by atoms with Gasteiger partial charge in [0.15, 0.2) is 5.15 Å². The Kier molecular flexibility index (Phi) is 5.54. The van der Waals surface area contributed by atoms with Crippen LogP contribution in [0.3, 0.4) is 0 Å². The van der Waals surface area contributed by atoms with Gasteiger partial charge >= 0.3 is 0 Å². The molecule has 1 aliphatic heterocycles. The predicted molar refractivity (Wildman–Crippen MR) is 92.5 cm³/mol. The first kappa shape index (κ1) is 17.4. The van der Waals surface area contributed by atoms with Crippen molar-refractivity contribution in [3.05, 3.63) is 56.3 Å². The molecule has 124 valence electrons. The Labute approximate surface area is 154 Å². The smallest absolute Gasteiger partial charge is 0.157 e. The first-order chi connectivity index (χ1) is 11.6. The van der Waals surface area contributed by atoms with E-state index < -0.39 is 5.92 Å². The molecule has 1 N–H and O–H groups in total. The minimum Gasteiger partial charge on any atom is -0.371 e. The average Bonchev–Trinajstić information content (AvgIpc) is 2.60. The van der Waals surface area contributed by atoms with Crippen LogP contribution in [-0.2, 0) is 4.74 Å². The van der Waals surface area contributed by atoms with Gasteiger partial charge in [0.05, 0.1) is 24.5 Å². The molecule has 1 aromatic carbocycles. The zero-order valence-corrected chi connectivity index (χ0v) is 14.7. The molecule has 2 heterocycles. The number of hydrogen-bond donors (Lipinski definition) is 1. The summed E-state index contributed by atoms with van der Waals surface area (Å²) in [5, 5.41) is 22.0. The molecule has 8 heteroatoms. The standard InChI is InChI=1S/C16H13Cl3N4O/c17-11-2-1-3-12(18)15(11)10(7-20)13-6-9(16(19)23-22-13)14-8-21-4-5-24-14/h1-3,6,10,14,21H,4-5,8H2. The lowest BCUT2D eigenvalue weighted by Crippen LogP contribution is -2.33. The number of halogens is 3. The minimum atomic E-state index is -0.744. The number of nitrogens with one attached hydrogen (secondary N) is 1. The molecule has 0 bridgehead atoms. The zero-order valence-electron chi connectivity index (χ0n) is 12.5. The molecule has 1 aromatic heterocycles. The van der Waals surface area contributed by atoms with E-state index in [4.69, 9.17) is 39.5 Å². The molecule has 0 aliphatic carbocycles. The van der Waals surface area contributed by atoms with Crippen LogP contribution in [0.2, 0.25) is 15.2 Å². The van der Waals surface area contributed by atoms with Crippen LogP contribution in [0.15, 0.2) is 24.3 Å². The second kappa shape index (κ2) is 7.64. The van der Waals surface area contributed by atoms with E-state index in [0.29, 0.717) is 40.0 Å². The van der Waals surface area contributed by atoms with Gasteiger partial charge in [-0.25, -0.2) is 0 Å². The van der Waals surface area contributed by atoms with Gasteiger partial charge in [-0.05, 0) is 18.2 Å². The monoisotopic (exact) mass is 382 g/mol. The third kappa shape index (κ3) is 3.49. The first-order valence-corrected chi connectivity index (χ1v) is 8.44. The van der Waals surface area contributed by atoms with Gasteiger partial charge in [-0.3, -0.25) is 0 Å². The molecular formula is C16H13Cl3N4O. The summed E-state index contributed by atoms with van der Waals surface area (Å²) < 4.78 is 5.72. The first-order valence-electron chi connectivity index (χ1n) is 7.30. The Morgan fingerprint density at radius 2 is 2.00 bits per heavy atom. The normalized spacial score (nSPS) is 18.8. The van der Waals surface area contributed by atoms with Crippen molar-refractivity contribution in [3.63, 3.8) is 0 Å². The van der Waals surface area contributed by atoms with Crippen LogP contribution in [0.5, 0.6) is 0 Å². The molecule has 2 aromatic rings. The van der Waals surface area contributed by atoms with Gasteiger partial charge in [-0.2, -0.15) is 10.4 Å². The van der Waals surface area contributed by atoms with E-state index in [1.165, 1.54) is 0 Å². The van der Waals surface area contributed by atoms with Crippen LogP contribution in [0.4, 0.5) is 0 Å². The van der Waals surface area contributed by atoms with Gasteiger partial charge in [0.1, 0.15) is 5.92 Å². The van der Waals surface area contributed by atoms with E-state index in [-0.39, 0.29) is 11.3 Å². The maximum absolute atomic E-state index is 9.64. The Morgan fingerprint density at radius 1 is 1.25 bits per heavy atom. The largest absolute Gasteiger partial charge is 0.371 e. The fourth-order valence-electron chi connectivity index (χ4n) is 2.60. The highest BCUT2D eigenvalue weighted by Crippen LogP contribution is 2.36. The van der Waals surface area contributed by atoms with Gasteiger partial charge in [-0.15, -0.1) is 5.10 Å². The molecule has 1 saturated heterocycles. The minimum absolute atomic E-state index is 0.235. The second-order valence-corrected chi connectivity index (χ2v) is 6.45. The van der Waals surface area contributed by atoms with Crippen LogP contribution in [0.25, 0.3) is 0 Å². The van der Waals surface area contributed by atoms with Gasteiger partial charge in [0.25, 0.3) is 0 Å². The highest BCUT2D eigenvalue weighted by molar-refractivity contribution is 6.36. The zero-order chi connectivity index (χ0) is 17.1. The second-order valence-electron chi connectivity index (χ2n) is 5.28. The predicted octanol–water partition coefficient (Wildman–Crippen LogP) is 3.75. The van der Waals surface area contributed by atoms with Crippen molar-refractivity contribution < 1.29 is 4.74 Å². The molecule has 2 atom stereocenters. The van der Waals surface area contributed by atoms with E-state index in [2.05, 4.69) is 21.6 Å². The van der Waals surface area contributed by atoms with Crippen molar-refractivity contribution >= 4 is 34.8 Å². The van der Waals surface area contributed by atoms with Crippen molar-refractivity contribution in [2.75, 3.05) is 19.7 Å². The van der Waals surface area contributed by atoms with E-state index >= 15 is 0 Å². The van der Waals surface area contributed by atoms with E-state index in [1.54, 1.807) is 24.3 Å². The Balaban J connectivity index is 2.03. The molecule has 5 nitrogen and oxygen atoms in total. The molecule has 24 heavy (non-hydrogen) atoms. The molecule has 0 spiro atoms. The summed E-state index contributed by atoms with van der Waals surface area (Å²) in [6.45, 7) is 1.99. The number of benzene rings is 1. The maximum Gasteiger partial charge on any atom is 0.157 e. The topological polar surface area (TPSA) is 70.8 Å². The van der Waals surface area contributed by atoms with Gasteiger partial charge in [-0.1, -0.05) is 40.9 Å². The summed E-state index contributed by atoms with van der Waals surface area (Å²) in [6.07, 6.45) is -0.235. The number of aromatic nitrogens is 2. The lowest BCUT2D eigenvalue weighted by Gasteiger charge is -2.24. The van der Waals surface area contributed by atoms with Crippen molar-refractivity contribution in [3.8, 4) is 6.07 Å². The van der Waals surface area contributed by atoms with Crippen molar-refractivity contribution in [1.82, 2.24) is 15.5 Å². The number of ether oxygens (including phenoxy) is 1. The van der Waals surface area contributed by atoms with Crippen molar-refractivity contribution in [2.24, 2.45) is 0 Å². The SMILES string of the molecule is N#CC(c1cc(C2CNCCO2)c(Cl)nn1)c1c(Cl)cccc1Cl. The van der Waals surface area contributed by atoms with Crippen LogP contribution in [-0.4, -0.2) is 29.9 Å². The van der Waals surface area contributed by atoms with Crippen molar-refractivity contribution in [1.29, 1.82) is 5.26 Å². The Morgan fingerprint density at radius 3 is 2.62 bits per heavy atom. The quantitative estimate of drug-likeness (QED) is 0.874. The maximum atomic E-state index is 9.64. The molecular weight excluding hydrogens is 371 g/mol. The highest BCUT2D eigenvalue weighted by Gasteiger charge is 2.25. The molecule has 0 amide bonds. The number of nitrogens with zero attached hydrogens (tertiary/aromatic N) is 3. The van der Waals surface area contributed by atoms with Crippen LogP contribution < -0.4 is 5.32 Å². The fraction of sp³-hybridized carbons (Fsp3) is 0.312. The third-order valence-electron chi connectivity index (χ3n) is 3.78. The molecule has 2 unspecified atom stereocenters. The van der Waals surface area contributed by atoms with Crippen LogP contribution in [0, 0.1) is 11.3 Å². The van der Waals surface area contributed by atoms with E-state index in [1.807, 2.05) is 0 Å². The van der Waals surface area contributed by atoms with Crippen molar-refractivity contribution in [2.45, 2.75) is 12.0 Å². The van der Waals surface area contributed by atoms with E-state index in [9.17, 15) is 5.26 Å². The molecule has 0 radical (unpaired) electrons. The number of nitriles is 1. The van der Waals surface area contributed by atoms with E-state index in [0.717, 1.165) is 6.54 Å².